The number of nitrogens with zero attached hydrogens (tertiary/aromatic N) is 1. The van der Waals surface area contributed by atoms with Gasteiger partial charge in [0.25, 0.3) is 0 Å². The van der Waals surface area contributed by atoms with Gasteiger partial charge in [0.2, 0.25) is 0 Å². The monoisotopic (exact) mass is 261 g/mol. The molecule has 3 unspecified atom stereocenters. The molecule has 0 bridgehead atoms. The molecule has 0 aromatic heterocycles. The number of hydrogen-bond donors (Lipinski definition) is 1. The van der Waals surface area contributed by atoms with Gasteiger partial charge in [0, 0.05) is 12.5 Å². The van der Waals surface area contributed by atoms with Crippen molar-refractivity contribution in [2.45, 2.75) is 44.1 Å². The van der Waals surface area contributed by atoms with E-state index in [0.717, 1.165) is 25.8 Å². The first-order valence-electron chi connectivity index (χ1n) is 7.46. The van der Waals surface area contributed by atoms with E-state index in [1.807, 2.05) is 0 Å². The molecule has 106 valence electrons. The second-order valence-electron chi connectivity index (χ2n) is 6.36. The van der Waals surface area contributed by atoms with Crippen LogP contribution in [0, 0.1) is 5.92 Å². The molecule has 2 heteroatoms. The maximum absolute atomic E-state index is 11.3. The molecule has 0 radical (unpaired) electrons. The van der Waals surface area contributed by atoms with Crippen molar-refractivity contribution in [3.63, 3.8) is 0 Å². The van der Waals surface area contributed by atoms with Crippen molar-refractivity contribution in [2.75, 3.05) is 20.6 Å². The smallest absolute Gasteiger partial charge is 0.0753 e. The Hall–Kier alpha value is -0.860. The van der Waals surface area contributed by atoms with Gasteiger partial charge in [-0.25, -0.2) is 0 Å². The van der Waals surface area contributed by atoms with Gasteiger partial charge in [0.05, 0.1) is 5.60 Å². The molecule has 1 aliphatic carbocycles. The van der Waals surface area contributed by atoms with Crippen LogP contribution in [-0.2, 0) is 0 Å². The van der Waals surface area contributed by atoms with E-state index in [2.05, 4.69) is 56.3 Å². The zero-order valence-corrected chi connectivity index (χ0v) is 12.5. The van der Waals surface area contributed by atoms with E-state index in [1.165, 1.54) is 12.0 Å². The molecule has 0 amide bonds. The van der Waals surface area contributed by atoms with Crippen LogP contribution in [-0.4, -0.2) is 36.2 Å². The Labute approximate surface area is 117 Å². The number of benzene rings is 1. The fourth-order valence-electron chi connectivity index (χ4n) is 3.62. The molecule has 1 saturated carbocycles. The van der Waals surface area contributed by atoms with Gasteiger partial charge in [-0.3, -0.25) is 0 Å². The minimum absolute atomic E-state index is 0.289. The summed E-state index contributed by atoms with van der Waals surface area (Å²) in [5.41, 5.74) is 0.749. The molecule has 1 aliphatic rings. The van der Waals surface area contributed by atoms with E-state index in [1.54, 1.807) is 0 Å². The summed E-state index contributed by atoms with van der Waals surface area (Å²) in [4.78, 5) is 2.18. The number of rotatable bonds is 4. The maximum atomic E-state index is 11.3. The van der Waals surface area contributed by atoms with E-state index in [9.17, 15) is 5.11 Å². The third kappa shape index (κ3) is 3.18. The summed E-state index contributed by atoms with van der Waals surface area (Å²) in [5, 5.41) is 11.3. The van der Waals surface area contributed by atoms with Crippen molar-refractivity contribution in [1.29, 1.82) is 0 Å². The standard InChI is InChI=1S/C17H27NO/c1-14(13-18(2)3)17(19)12-8-7-11-16(17)15-9-5-4-6-10-15/h4-6,9-10,14,16,19H,7-8,11-13H2,1-3H3. The summed E-state index contributed by atoms with van der Waals surface area (Å²) < 4.78 is 0. The summed E-state index contributed by atoms with van der Waals surface area (Å²) in [6.07, 6.45) is 4.42. The van der Waals surface area contributed by atoms with E-state index in [0.29, 0.717) is 5.92 Å². The van der Waals surface area contributed by atoms with Gasteiger partial charge >= 0.3 is 0 Å². The predicted molar refractivity (Wildman–Crippen MR) is 80.3 cm³/mol. The van der Waals surface area contributed by atoms with Crippen LogP contribution >= 0.6 is 0 Å². The van der Waals surface area contributed by atoms with Crippen molar-refractivity contribution in [3.05, 3.63) is 35.9 Å². The summed E-state index contributed by atoms with van der Waals surface area (Å²) in [6.45, 7) is 3.14. The van der Waals surface area contributed by atoms with Gasteiger partial charge in [-0.1, -0.05) is 50.1 Å². The molecule has 3 atom stereocenters. The number of aliphatic hydroxyl groups is 1. The van der Waals surface area contributed by atoms with E-state index in [-0.39, 0.29) is 5.92 Å². The van der Waals surface area contributed by atoms with Crippen LogP contribution in [0.2, 0.25) is 0 Å². The highest BCUT2D eigenvalue weighted by Gasteiger charge is 2.43. The van der Waals surface area contributed by atoms with Gasteiger partial charge < -0.3 is 10.0 Å². The molecule has 1 aromatic rings. The van der Waals surface area contributed by atoms with Gasteiger partial charge in [-0.05, 0) is 38.4 Å². The normalized spacial score (nSPS) is 29.4. The zero-order chi connectivity index (χ0) is 13.9. The van der Waals surface area contributed by atoms with Crippen LogP contribution in [0.3, 0.4) is 0 Å². The molecule has 0 spiro atoms. The summed E-state index contributed by atoms with van der Waals surface area (Å²) in [7, 11) is 4.17. The Bertz CT molecular complexity index is 390. The maximum Gasteiger partial charge on any atom is 0.0753 e. The van der Waals surface area contributed by atoms with Gasteiger partial charge in [-0.2, -0.15) is 0 Å². The molecule has 1 fully saturated rings. The van der Waals surface area contributed by atoms with Crippen molar-refractivity contribution in [3.8, 4) is 0 Å². The van der Waals surface area contributed by atoms with Crippen LogP contribution in [0.5, 0.6) is 0 Å². The minimum atomic E-state index is -0.552. The van der Waals surface area contributed by atoms with Crippen LogP contribution in [0.25, 0.3) is 0 Å². The lowest BCUT2D eigenvalue weighted by Gasteiger charge is -2.45. The molecule has 0 aliphatic heterocycles. The molecule has 2 nitrogen and oxygen atoms in total. The molecule has 1 N–H and O–H groups in total. The topological polar surface area (TPSA) is 23.5 Å². The highest BCUT2D eigenvalue weighted by atomic mass is 16.3. The Kier molecular flexibility index (Phi) is 4.64. The van der Waals surface area contributed by atoms with Gasteiger partial charge in [0.1, 0.15) is 0 Å². The average molecular weight is 261 g/mol. The SMILES string of the molecule is CC(CN(C)C)C1(O)CCCCC1c1ccccc1. The van der Waals surface area contributed by atoms with Crippen LogP contribution in [0.1, 0.15) is 44.1 Å². The quantitative estimate of drug-likeness (QED) is 0.899. The van der Waals surface area contributed by atoms with Gasteiger partial charge in [-0.15, -0.1) is 0 Å². The fourth-order valence-corrected chi connectivity index (χ4v) is 3.62. The first-order chi connectivity index (χ1) is 9.04. The fraction of sp³-hybridized carbons (Fsp3) is 0.647. The molecule has 2 rings (SSSR count). The Balaban J connectivity index is 2.24. The molecule has 1 aromatic carbocycles. The molecule has 0 heterocycles. The largest absolute Gasteiger partial charge is 0.389 e. The average Bonchev–Trinajstić information content (AvgIpc) is 2.39. The van der Waals surface area contributed by atoms with Crippen LogP contribution in [0.4, 0.5) is 0 Å². The molecular weight excluding hydrogens is 234 g/mol. The second-order valence-corrected chi connectivity index (χ2v) is 6.36. The Morgan fingerprint density at radius 2 is 1.95 bits per heavy atom. The number of hydrogen-bond acceptors (Lipinski definition) is 2. The zero-order valence-electron chi connectivity index (χ0n) is 12.5. The first-order valence-corrected chi connectivity index (χ1v) is 7.46. The lowest BCUT2D eigenvalue weighted by atomic mass is 9.66. The highest BCUT2D eigenvalue weighted by molar-refractivity contribution is 5.24. The van der Waals surface area contributed by atoms with Crippen molar-refractivity contribution >= 4 is 0 Å². The van der Waals surface area contributed by atoms with Crippen LogP contribution in [0.15, 0.2) is 30.3 Å². The highest BCUT2D eigenvalue weighted by Crippen LogP contribution is 2.45. The van der Waals surface area contributed by atoms with E-state index >= 15 is 0 Å². The second kappa shape index (κ2) is 6.06. The third-order valence-corrected chi connectivity index (χ3v) is 4.62. The molecule has 19 heavy (non-hydrogen) atoms. The lowest BCUT2D eigenvalue weighted by Crippen LogP contribution is -2.48. The lowest BCUT2D eigenvalue weighted by molar-refractivity contribution is -0.0677. The van der Waals surface area contributed by atoms with E-state index in [4.69, 9.17) is 0 Å². The first kappa shape index (κ1) is 14.5. The van der Waals surface area contributed by atoms with Crippen molar-refractivity contribution in [1.82, 2.24) is 4.90 Å². The van der Waals surface area contributed by atoms with Crippen molar-refractivity contribution in [2.24, 2.45) is 5.92 Å². The third-order valence-electron chi connectivity index (χ3n) is 4.62. The summed E-state index contributed by atoms with van der Waals surface area (Å²) in [5.74, 6) is 0.588. The Morgan fingerprint density at radius 3 is 2.58 bits per heavy atom. The molecular formula is C17H27NO. The summed E-state index contributed by atoms with van der Waals surface area (Å²) >= 11 is 0. The Morgan fingerprint density at radius 1 is 1.26 bits per heavy atom. The minimum Gasteiger partial charge on any atom is -0.389 e. The summed E-state index contributed by atoms with van der Waals surface area (Å²) in [6, 6.07) is 10.6. The van der Waals surface area contributed by atoms with Crippen molar-refractivity contribution < 1.29 is 5.11 Å². The van der Waals surface area contributed by atoms with Crippen LogP contribution < -0.4 is 0 Å². The predicted octanol–water partition coefficient (Wildman–Crippen LogP) is 3.27. The van der Waals surface area contributed by atoms with Gasteiger partial charge in [0.15, 0.2) is 0 Å². The van der Waals surface area contributed by atoms with E-state index < -0.39 is 5.60 Å². The molecule has 0 saturated heterocycles.